The lowest BCUT2D eigenvalue weighted by molar-refractivity contribution is -0.132. The molecular weight excluding hydrogens is 332 g/mol. The Morgan fingerprint density at radius 2 is 1.75 bits per heavy atom. The third-order valence-electron chi connectivity index (χ3n) is 4.26. The lowest BCUT2D eigenvalue weighted by atomic mass is 10.3. The fraction of sp³-hybridized carbons (Fsp3) is 0.500. The zero-order chi connectivity index (χ0) is 17.2. The van der Waals surface area contributed by atoms with E-state index < -0.39 is 21.5 Å². The molecule has 2 amide bonds. The number of hydrogen-bond donors (Lipinski definition) is 0. The normalized spacial score (nSPS) is 18.9. The van der Waals surface area contributed by atoms with Crippen molar-refractivity contribution in [1.29, 1.82) is 0 Å². The molecule has 3 rings (SSSR count). The van der Waals surface area contributed by atoms with Crippen LogP contribution in [-0.2, 0) is 24.2 Å². The highest BCUT2D eigenvalue weighted by atomic mass is 32.2. The van der Waals surface area contributed by atoms with Crippen molar-refractivity contribution in [1.82, 2.24) is 4.90 Å². The fourth-order valence-corrected chi connectivity index (χ4v) is 4.13. The summed E-state index contributed by atoms with van der Waals surface area (Å²) >= 11 is 0. The molecule has 2 heterocycles. The lowest BCUT2D eigenvalue weighted by Gasteiger charge is -2.26. The number of amides is 2. The van der Waals surface area contributed by atoms with Crippen LogP contribution in [0.2, 0.25) is 0 Å². The van der Waals surface area contributed by atoms with Crippen molar-refractivity contribution >= 4 is 27.3 Å². The smallest absolute Gasteiger partial charge is 0.238 e. The molecule has 1 aromatic carbocycles. The van der Waals surface area contributed by atoms with Crippen molar-refractivity contribution in [2.24, 2.45) is 0 Å². The minimum atomic E-state index is -3.70. The number of nitrogens with zero attached hydrogens (tertiary/aromatic N) is 2. The van der Waals surface area contributed by atoms with Crippen LogP contribution in [0.1, 0.15) is 12.8 Å². The molecule has 0 N–H and O–H groups in total. The second kappa shape index (κ2) is 6.90. The number of benzene rings is 1. The molecule has 8 heteroatoms. The van der Waals surface area contributed by atoms with Crippen LogP contribution in [0, 0.1) is 0 Å². The molecular formula is C16H20N2O5S. The van der Waals surface area contributed by atoms with Crippen LogP contribution in [0.4, 0.5) is 5.69 Å². The Labute approximate surface area is 141 Å². The predicted octanol–water partition coefficient (Wildman–Crippen LogP) is 0.446. The summed E-state index contributed by atoms with van der Waals surface area (Å²) in [6.07, 6.45) is 1.33. The number of rotatable bonds is 4. The van der Waals surface area contributed by atoms with Gasteiger partial charge in [0.15, 0.2) is 9.84 Å². The van der Waals surface area contributed by atoms with Gasteiger partial charge in [0.2, 0.25) is 11.8 Å². The highest BCUT2D eigenvalue weighted by molar-refractivity contribution is 7.92. The summed E-state index contributed by atoms with van der Waals surface area (Å²) in [6.45, 7) is 2.36. The van der Waals surface area contributed by atoms with Crippen LogP contribution in [0.15, 0.2) is 29.2 Å². The van der Waals surface area contributed by atoms with E-state index in [2.05, 4.69) is 0 Å². The summed E-state index contributed by atoms with van der Waals surface area (Å²) in [5.41, 5.74) is 0.691. The molecule has 2 saturated heterocycles. The van der Waals surface area contributed by atoms with Crippen LogP contribution in [-0.4, -0.2) is 63.7 Å². The van der Waals surface area contributed by atoms with Gasteiger partial charge < -0.3 is 14.5 Å². The molecule has 0 bridgehead atoms. The average molecular weight is 352 g/mol. The molecule has 7 nitrogen and oxygen atoms in total. The standard InChI is InChI=1S/C16H20N2O5S/c19-15-2-1-7-18(15)13-3-5-14(6-4-13)24(21,22)12-16(20)17-8-10-23-11-9-17/h3-6H,1-2,7-12H2. The van der Waals surface area contributed by atoms with Gasteiger partial charge in [-0.15, -0.1) is 0 Å². The van der Waals surface area contributed by atoms with E-state index in [0.717, 1.165) is 6.42 Å². The summed E-state index contributed by atoms with van der Waals surface area (Å²) in [4.78, 5) is 27.1. The highest BCUT2D eigenvalue weighted by Crippen LogP contribution is 2.23. The largest absolute Gasteiger partial charge is 0.378 e. The van der Waals surface area contributed by atoms with Gasteiger partial charge in [-0.3, -0.25) is 9.59 Å². The number of carbonyl (C=O) groups excluding carboxylic acids is 2. The van der Waals surface area contributed by atoms with Crippen LogP contribution < -0.4 is 4.90 Å². The Hall–Kier alpha value is -1.93. The van der Waals surface area contributed by atoms with Crippen molar-refractivity contribution < 1.29 is 22.7 Å². The minimum Gasteiger partial charge on any atom is -0.378 e. The maximum atomic E-state index is 12.4. The van der Waals surface area contributed by atoms with E-state index in [4.69, 9.17) is 4.74 Å². The van der Waals surface area contributed by atoms with Gasteiger partial charge in [0.25, 0.3) is 0 Å². The Morgan fingerprint density at radius 3 is 2.33 bits per heavy atom. The molecule has 0 aromatic heterocycles. The van der Waals surface area contributed by atoms with Crippen LogP contribution in [0.3, 0.4) is 0 Å². The van der Waals surface area contributed by atoms with Crippen molar-refractivity contribution in [2.75, 3.05) is 43.5 Å². The second-order valence-corrected chi connectivity index (χ2v) is 7.88. The summed E-state index contributed by atoms with van der Waals surface area (Å²) < 4.78 is 30.0. The van der Waals surface area contributed by atoms with E-state index in [-0.39, 0.29) is 10.8 Å². The topological polar surface area (TPSA) is 84.0 Å². The molecule has 2 aliphatic rings. The van der Waals surface area contributed by atoms with E-state index in [9.17, 15) is 18.0 Å². The number of sulfone groups is 1. The van der Waals surface area contributed by atoms with Crippen molar-refractivity contribution in [2.45, 2.75) is 17.7 Å². The number of carbonyl (C=O) groups is 2. The molecule has 2 fully saturated rings. The summed E-state index contributed by atoms with van der Waals surface area (Å²) in [5.74, 6) is -0.903. The van der Waals surface area contributed by atoms with E-state index in [1.54, 1.807) is 17.0 Å². The Balaban J connectivity index is 1.70. The summed E-state index contributed by atoms with van der Waals surface area (Å²) in [7, 11) is -3.70. The molecule has 130 valence electrons. The van der Waals surface area contributed by atoms with E-state index in [1.165, 1.54) is 17.0 Å². The van der Waals surface area contributed by atoms with E-state index in [1.807, 2.05) is 0 Å². The van der Waals surface area contributed by atoms with Crippen molar-refractivity contribution in [3.63, 3.8) is 0 Å². The SMILES string of the molecule is O=C(CS(=O)(=O)c1ccc(N2CCCC2=O)cc1)N1CCOCC1. The maximum Gasteiger partial charge on any atom is 0.238 e. The van der Waals surface area contributed by atoms with Gasteiger partial charge in [-0.25, -0.2) is 8.42 Å². The van der Waals surface area contributed by atoms with Gasteiger partial charge in [0.05, 0.1) is 18.1 Å². The van der Waals surface area contributed by atoms with Gasteiger partial charge in [-0.2, -0.15) is 0 Å². The average Bonchev–Trinajstić information content (AvgIpc) is 3.01. The van der Waals surface area contributed by atoms with Gasteiger partial charge >= 0.3 is 0 Å². The Morgan fingerprint density at radius 1 is 1.08 bits per heavy atom. The quantitative estimate of drug-likeness (QED) is 0.785. The Bertz CT molecular complexity index is 723. The van der Waals surface area contributed by atoms with Gasteiger partial charge in [-0.1, -0.05) is 0 Å². The highest BCUT2D eigenvalue weighted by Gasteiger charge is 2.26. The van der Waals surface area contributed by atoms with Crippen molar-refractivity contribution in [3.8, 4) is 0 Å². The molecule has 0 spiro atoms. The van der Waals surface area contributed by atoms with Gasteiger partial charge in [0.1, 0.15) is 5.75 Å². The number of morpholine rings is 1. The first-order chi connectivity index (χ1) is 11.5. The minimum absolute atomic E-state index is 0.0492. The molecule has 0 aliphatic carbocycles. The van der Waals surface area contributed by atoms with Crippen molar-refractivity contribution in [3.05, 3.63) is 24.3 Å². The number of ether oxygens (including phenoxy) is 1. The van der Waals surface area contributed by atoms with Gasteiger partial charge in [0, 0.05) is 31.7 Å². The summed E-state index contributed by atoms with van der Waals surface area (Å²) in [6, 6.07) is 6.16. The monoisotopic (exact) mass is 352 g/mol. The third-order valence-corrected chi connectivity index (χ3v) is 5.88. The zero-order valence-corrected chi connectivity index (χ0v) is 14.1. The first kappa shape index (κ1) is 16.9. The number of anilines is 1. The van der Waals surface area contributed by atoms with Gasteiger partial charge in [-0.05, 0) is 30.7 Å². The van der Waals surface area contributed by atoms with Crippen LogP contribution in [0.5, 0.6) is 0 Å². The number of hydrogen-bond acceptors (Lipinski definition) is 5. The van der Waals surface area contributed by atoms with E-state index >= 15 is 0 Å². The summed E-state index contributed by atoms with van der Waals surface area (Å²) in [5, 5.41) is 0. The molecule has 0 atom stereocenters. The first-order valence-electron chi connectivity index (χ1n) is 7.96. The molecule has 0 saturated carbocycles. The van der Waals surface area contributed by atoms with Crippen LogP contribution in [0.25, 0.3) is 0 Å². The fourth-order valence-electron chi connectivity index (χ4n) is 2.90. The van der Waals surface area contributed by atoms with Crippen LogP contribution >= 0.6 is 0 Å². The molecule has 24 heavy (non-hydrogen) atoms. The first-order valence-corrected chi connectivity index (χ1v) is 9.61. The lowest BCUT2D eigenvalue weighted by Crippen LogP contribution is -2.43. The second-order valence-electron chi connectivity index (χ2n) is 5.90. The molecule has 0 unspecified atom stereocenters. The predicted molar refractivity (Wildman–Crippen MR) is 87.5 cm³/mol. The van der Waals surface area contributed by atoms with E-state index in [0.29, 0.717) is 45.0 Å². The maximum absolute atomic E-state index is 12.4. The third kappa shape index (κ3) is 3.59. The molecule has 1 aromatic rings. The Kier molecular flexibility index (Phi) is 4.86. The molecule has 0 radical (unpaired) electrons. The zero-order valence-electron chi connectivity index (χ0n) is 13.3. The molecule has 2 aliphatic heterocycles.